The van der Waals surface area contributed by atoms with Gasteiger partial charge in [-0.25, -0.2) is 4.98 Å². The summed E-state index contributed by atoms with van der Waals surface area (Å²) in [5, 5.41) is 14.4. The maximum atomic E-state index is 13.5. The molecular weight excluding hydrogens is 409 g/mol. The maximum Gasteiger partial charge on any atom is 0.435 e. The van der Waals surface area contributed by atoms with Crippen LogP contribution in [0.5, 0.6) is 0 Å². The Morgan fingerprint density at radius 2 is 1.81 bits per heavy atom. The molecule has 1 amide bonds. The normalized spacial score (nSPS) is 14.2. The minimum absolute atomic E-state index is 0.0515. The summed E-state index contributed by atoms with van der Waals surface area (Å²) in [5.41, 5.74) is 2.50. The van der Waals surface area contributed by atoms with Crippen LogP contribution in [-0.4, -0.2) is 50.3 Å². The van der Waals surface area contributed by atoms with Crippen LogP contribution in [0, 0.1) is 0 Å². The summed E-state index contributed by atoms with van der Waals surface area (Å²) in [5.74, 6) is -0.249. The van der Waals surface area contributed by atoms with Crippen molar-refractivity contribution < 1.29 is 18.0 Å². The first kappa shape index (κ1) is 19.5. The first-order valence-corrected chi connectivity index (χ1v) is 9.93. The van der Waals surface area contributed by atoms with Gasteiger partial charge in [-0.05, 0) is 48.9 Å². The molecule has 3 aromatic heterocycles. The second-order valence-electron chi connectivity index (χ2n) is 7.92. The molecule has 0 spiro atoms. The number of carbonyl (C=O) groups is 1. The van der Waals surface area contributed by atoms with Gasteiger partial charge in [0.1, 0.15) is 0 Å². The molecule has 2 N–H and O–H groups in total. The fourth-order valence-electron chi connectivity index (χ4n) is 4.41. The van der Waals surface area contributed by atoms with E-state index in [-0.39, 0.29) is 17.2 Å². The average Bonchev–Trinajstić information content (AvgIpc) is 3.39. The molecule has 160 valence electrons. The van der Waals surface area contributed by atoms with E-state index >= 15 is 0 Å². The van der Waals surface area contributed by atoms with Crippen LogP contribution in [0.3, 0.4) is 0 Å². The number of hydrogen-bond acceptors (Lipinski definition) is 4. The molecular formula is C21H19F3N6O. The average molecular weight is 428 g/mol. The van der Waals surface area contributed by atoms with Crippen LogP contribution in [0.4, 0.5) is 13.2 Å². The van der Waals surface area contributed by atoms with E-state index in [2.05, 4.69) is 25.4 Å². The number of aromatic nitrogens is 5. The third kappa shape index (κ3) is 2.96. The van der Waals surface area contributed by atoms with Crippen molar-refractivity contribution in [3.63, 3.8) is 0 Å². The quantitative estimate of drug-likeness (QED) is 0.503. The molecule has 1 aliphatic rings. The summed E-state index contributed by atoms with van der Waals surface area (Å²) in [6, 6.07) is 3.51. The number of aryl methyl sites for hydroxylation is 1. The predicted molar refractivity (Wildman–Crippen MR) is 109 cm³/mol. The van der Waals surface area contributed by atoms with Crippen LogP contribution >= 0.6 is 0 Å². The van der Waals surface area contributed by atoms with Gasteiger partial charge in [0.05, 0.1) is 22.3 Å². The molecule has 0 aliphatic heterocycles. The first-order valence-electron chi connectivity index (χ1n) is 9.93. The summed E-state index contributed by atoms with van der Waals surface area (Å²) in [6.07, 6.45) is -0.260. The zero-order valence-electron chi connectivity index (χ0n) is 16.9. The van der Waals surface area contributed by atoms with Gasteiger partial charge in [-0.3, -0.25) is 15.0 Å². The van der Waals surface area contributed by atoms with Gasteiger partial charge in [-0.2, -0.15) is 23.4 Å². The molecule has 0 radical (unpaired) electrons. The summed E-state index contributed by atoms with van der Waals surface area (Å²) < 4.78 is 40.6. The molecule has 0 unspecified atom stereocenters. The number of alkyl halides is 3. The Morgan fingerprint density at radius 1 is 1.06 bits per heavy atom. The lowest BCUT2D eigenvalue weighted by Crippen LogP contribution is -2.22. The molecule has 4 aromatic rings. The highest BCUT2D eigenvalue weighted by atomic mass is 19.4. The SMILES string of the molecule is CN(C)C(=O)c1n[nH]c2ccc3nc(-c4c[nH]nc4C(F)(F)F)c4c(c3c12)CCCC4. The Balaban J connectivity index is 1.87. The van der Waals surface area contributed by atoms with E-state index in [0.29, 0.717) is 35.0 Å². The van der Waals surface area contributed by atoms with Gasteiger partial charge in [0.25, 0.3) is 5.91 Å². The molecule has 5 rings (SSSR count). The number of pyridine rings is 1. The minimum Gasteiger partial charge on any atom is -0.343 e. The molecule has 1 aromatic carbocycles. The second kappa shape index (κ2) is 6.79. The number of carbonyl (C=O) groups excluding carboxylic acids is 1. The van der Waals surface area contributed by atoms with Crippen molar-refractivity contribution in [1.29, 1.82) is 0 Å². The lowest BCUT2D eigenvalue weighted by atomic mass is 9.85. The standard InChI is InChI=1S/C21H19F3N6O/c1-30(2)20(31)18-16-14(27-28-18)8-7-13-15(16)10-5-3-4-6-11(10)17(26-13)12-9-25-29-19(12)21(22,23)24/h7-9H,3-6H2,1-2H3,(H,25,29)(H,27,28). The van der Waals surface area contributed by atoms with E-state index in [0.717, 1.165) is 29.4 Å². The van der Waals surface area contributed by atoms with Gasteiger partial charge in [-0.15, -0.1) is 0 Å². The van der Waals surface area contributed by atoms with Crippen LogP contribution in [0.25, 0.3) is 33.1 Å². The Kier molecular flexibility index (Phi) is 4.28. The lowest BCUT2D eigenvalue weighted by molar-refractivity contribution is -0.140. The lowest BCUT2D eigenvalue weighted by Gasteiger charge is -2.22. The van der Waals surface area contributed by atoms with E-state index in [4.69, 9.17) is 0 Å². The zero-order chi connectivity index (χ0) is 21.9. The van der Waals surface area contributed by atoms with Crippen molar-refractivity contribution in [3.8, 4) is 11.3 Å². The van der Waals surface area contributed by atoms with E-state index in [1.165, 1.54) is 11.1 Å². The molecule has 10 heteroatoms. The first-order chi connectivity index (χ1) is 14.8. The Bertz CT molecular complexity index is 1330. The molecule has 7 nitrogen and oxygen atoms in total. The largest absolute Gasteiger partial charge is 0.435 e. The van der Waals surface area contributed by atoms with Crippen molar-refractivity contribution in [2.24, 2.45) is 0 Å². The molecule has 0 saturated heterocycles. The van der Waals surface area contributed by atoms with Crippen molar-refractivity contribution >= 4 is 27.7 Å². The Labute approximate surface area is 174 Å². The van der Waals surface area contributed by atoms with Gasteiger partial charge in [-0.1, -0.05) is 0 Å². The summed E-state index contributed by atoms with van der Waals surface area (Å²) in [7, 11) is 3.30. The highest BCUT2D eigenvalue weighted by Crippen LogP contribution is 2.42. The van der Waals surface area contributed by atoms with Gasteiger partial charge in [0, 0.05) is 31.1 Å². The van der Waals surface area contributed by atoms with Gasteiger partial charge >= 0.3 is 6.18 Å². The number of aromatic amines is 2. The molecule has 31 heavy (non-hydrogen) atoms. The highest BCUT2D eigenvalue weighted by Gasteiger charge is 2.38. The number of halogens is 3. The van der Waals surface area contributed by atoms with Crippen molar-refractivity contribution in [2.45, 2.75) is 31.9 Å². The van der Waals surface area contributed by atoms with Gasteiger partial charge in [0.2, 0.25) is 0 Å². The molecule has 3 heterocycles. The fourth-order valence-corrected chi connectivity index (χ4v) is 4.41. The van der Waals surface area contributed by atoms with E-state index in [1.807, 2.05) is 0 Å². The minimum atomic E-state index is -4.59. The van der Waals surface area contributed by atoms with E-state index < -0.39 is 11.9 Å². The maximum absolute atomic E-state index is 13.5. The second-order valence-corrected chi connectivity index (χ2v) is 7.92. The molecule has 0 bridgehead atoms. The Hall–Kier alpha value is -3.43. The predicted octanol–water partition coefficient (Wildman–Crippen LogP) is 4.10. The topological polar surface area (TPSA) is 90.6 Å². The van der Waals surface area contributed by atoms with Crippen molar-refractivity contribution in [1.82, 2.24) is 30.3 Å². The van der Waals surface area contributed by atoms with Crippen LogP contribution in [0.15, 0.2) is 18.3 Å². The molecule has 0 saturated carbocycles. The molecule has 0 atom stereocenters. The van der Waals surface area contributed by atoms with Crippen LogP contribution in [-0.2, 0) is 19.0 Å². The molecule has 0 fully saturated rings. The third-order valence-electron chi connectivity index (χ3n) is 5.77. The van der Waals surface area contributed by atoms with Crippen LogP contribution < -0.4 is 0 Å². The van der Waals surface area contributed by atoms with Crippen LogP contribution in [0.1, 0.15) is 40.2 Å². The number of benzene rings is 1. The molecule has 1 aliphatic carbocycles. The summed E-state index contributed by atoms with van der Waals surface area (Å²) in [6.45, 7) is 0. The number of hydrogen-bond donors (Lipinski definition) is 2. The van der Waals surface area contributed by atoms with Crippen molar-refractivity contribution in [3.05, 3.63) is 40.8 Å². The monoisotopic (exact) mass is 428 g/mol. The third-order valence-corrected chi connectivity index (χ3v) is 5.77. The number of rotatable bonds is 2. The number of H-pyrrole nitrogens is 2. The fraction of sp³-hybridized carbons (Fsp3) is 0.333. The van der Waals surface area contributed by atoms with Gasteiger partial charge in [0.15, 0.2) is 11.4 Å². The summed E-state index contributed by atoms with van der Waals surface area (Å²) in [4.78, 5) is 18.8. The number of nitrogens with one attached hydrogen (secondary N) is 2. The Morgan fingerprint density at radius 3 is 2.52 bits per heavy atom. The smallest absolute Gasteiger partial charge is 0.343 e. The van der Waals surface area contributed by atoms with Crippen molar-refractivity contribution in [2.75, 3.05) is 14.1 Å². The van der Waals surface area contributed by atoms with E-state index in [9.17, 15) is 18.0 Å². The summed E-state index contributed by atoms with van der Waals surface area (Å²) >= 11 is 0. The van der Waals surface area contributed by atoms with E-state index in [1.54, 1.807) is 26.2 Å². The van der Waals surface area contributed by atoms with Crippen LogP contribution in [0.2, 0.25) is 0 Å². The number of nitrogens with zero attached hydrogens (tertiary/aromatic N) is 4. The van der Waals surface area contributed by atoms with Gasteiger partial charge < -0.3 is 4.90 Å². The number of amides is 1. The highest BCUT2D eigenvalue weighted by molar-refractivity contribution is 6.16. The zero-order valence-corrected chi connectivity index (χ0v) is 16.9. The number of fused-ring (bicyclic) bond motifs is 5.